The number of hydrogen-bond donors (Lipinski definition) is 0. The van der Waals surface area contributed by atoms with Gasteiger partial charge < -0.3 is 23.7 Å². The van der Waals surface area contributed by atoms with Crippen molar-refractivity contribution in [3.63, 3.8) is 0 Å². The molecule has 0 spiro atoms. The molecule has 2 heterocycles. The molecule has 8 heteroatoms. The lowest BCUT2D eigenvalue weighted by molar-refractivity contribution is -0.157. The largest absolute Gasteiger partial charge is 0.463 e. The van der Waals surface area contributed by atoms with Gasteiger partial charge in [-0.05, 0) is 6.42 Å². The normalized spacial score (nSPS) is 22.6. The first kappa shape index (κ1) is 17.4. The number of rotatable bonds is 11. The van der Waals surface area contributed by atoms with Gasteiger partial charge in [0.05, 0.1) is 32.2 Å². The Hall–Kier alpha value is -1.93. The van der Waals surface area contributed by atoms with Crippen LogP contribution >= 0.6 is 0 Å². The zero-order chi connectivity index (χ0) is 16.7. The molecule has 0 aromatic rings. The summed E-state index contributed by atoms with van der Waals surface area (Å²) in [5, 5.41) is 0. The van der Waals surface area contributed by atoms with Gasteiger partial charge in [0, 0.05) is 6.08 Å². The Morgan fingerprint density at radius 1 is 1.09 bits per heavy atom. The van der Waals surface area contributed by atoms with Crippen LogP contribution in [-0.4, -0.2) is 63.2 Å². The molecule has 3 unspecified atom stereocenters. The Morgan fingerprint density at radius 2 is 1.70 bits per heavy atom. The average molecular weight is 328 g/mol. The second-order valence-electron chi connectivity index (χ2n) is 5.29. The zero-order valence-corrected chi connectivity index (χ0v) is 12.7. The smallest absolute Gasteiger partial charge is 0.330 e. The van der Waals surface area contributed by atoms with E-state index in [1.54, 1.807) is 0 Å². The molecule has 2 saturated heterocycles. The van der Waals surface area contributed by atoms with E-state index in [0.29, 0.717) is 13.2 Å². The summed E-state index contributed by atoms with van der Waals surface area (Å²) in [5.74, 6) is -2.37. The Morgan fingerprint density at radius 3 is 2.26 bits per heavy atom. The molecular formula is C15H20O8. The SMILES string of the molecule is C=CC(=O)OCCC(CC(=O)OCC1CO1)C(=O)OCC1CO1. The molecule has 2 fully saturated rings. The fourth-order valence-electron chi connectivity index (χ4n) is 1.73. The molecule has 0 aromatic carbocycles. The van der Waals surface area contributed by atoms with E-state index in [1.807, 2.05) is 0 Å². The van der Waals surface area contributed by atoms with Crippen LogP contribution in [0.15, 0.2) is 12.7 Å². The van der Waals surface area contributed by atoms with E-state index in [2.05, 4.69) is 6.58 Å². The molecule has 8 nitrogen and oxygen atoms in total. The zero-order valence-electron chi connectivity index (χ0n) is 12.7. The van der Waals surface area contributed by atoms with Gasteiger partial charge >= 0.3 is 17.9 Å². The molecule has 0 bridgehead atoms. The standard InChI is InChI=1S/C15H20O8/c1-2-13(16)19-4-3-10(15(18)23-9-12-7-21-12)5-14(17)22-8-11-6-20-11/h2,10-12H,1,3-9H2. The summed E-state index contributed by atoms with van der Waals surface area (Å²) in [5.41, 5.74) is 0. The number of esters is 3. The summed E-state index contributed by atoms with van der Waals surface area (Å²) in [6.45, 7) is 4.76. The first-order chi connectivity index (χ1) is 11.1. The van der Waals surface area contributed by atoms with Gasteiger partial charge in [0.25, 0.3) is 0 Å². The van der Waals surface area contributed by atoms with E-state index in [9.17, 15) is 14.4 Å². The van der Waals surface area contributed by atoms with Crippen molar-refractivity contribution in [2.45, 2.75) is 25.0 Å². The first-order valence-electron chi connectivity index (χ1n) is 7.43. The van der Waals surface area contributed by atoms with Crippen molar-refractivity contribution in [2.75, 3.05) is 33.0 Å². The average Bonchev–Trinajstić information content (AvgIpc) is 3.43. The van der Waals surface area contributed by atoms with Crippen LogP contribution in [0.4, 0.5) is 0 Å². The molecule has 0 aromatic heterocycles. The maximum Gasteiger partial charge on any atom is 0.330 e. The minimum absolute atomic E-state index is 0.0104. The Bertz CT molecular complexity index is 452. The van der Waals surface area contributed by atoms with Crippen molar-refractivity contribution in [2.24, 2.45) is 5.92 Å². The quantitative estimate of drug-likeness (QED) is 0.226. The first-order valence-corrected chi connectivity index (χ1v) is 7.43. The fourth-order valence-corrected chi connectivity index (χ4v) is 1.73. The highest BCUT2D eigenvalue weighted by molar-refractivity contribution is 5.81. The molecule has 0 N–H and O–H groups in total. The van der Waals surface area contributed by atoms with Crippen LogP contribution in [0, 0.1) is 5.92 Å². The summed E-state index contributed by atoms with van der Waals surface area (Å²) < 4.78 is 24.8. The molecule has 0 saturated carbocycles. The van der Waals surface area contributed by atoms with Crippen molar-refractivity contribution < 1.29 is 38.1 Å². The highest BCUT2D eigenvalue weighted by atomic mass is 16.6. The monoisotopic (exact) mass is 328 g/mol. The lowest BCUT2D eigenvalue weighted by Crippen LogP contribution is -2.25. The van der Waals surface area contributed by atoms with E-state index < -0.39 is 23.8 Å². The molecule has 128 valence electrons. The van der Waals surface area contributed by atoms with E-state index in [0.717, 1.165) is 6.08 Å². The summed E-state index contributed by atoms with van der Waals surface area (Å²) in [6, 6.07) is 0. The van der Waals surface area contributed by atoms with E-state index in [4.69, 9.17) is 23.7 Å². The third-order valence-corrected chi connectivity index (χ3v) is 3.27. The molecule has 2 aliphatic rings. The number of hydrogen-bond acceptors (Lipinski definition) is 8. The lowest BCUT2D eigenvalue weighted by Gasteiger charge is -2.15. The molecule has 2 rings (SSSR count). The van der Waals surface area contributed by atoms with Gasteiger partial charge in [0.2, 0.25) is 0 Å². The van der Waals surface area contributed by atoms with Gasteiger partial charge in [0.1, 0.15) is 25.4 Å². The predicted octanol–water partition coefficient (Wildman–Crippen LogP) is -0.00400. The second-order valence-corrected chi connectivity index (χ2v) is 5.29. The van der Waals surface area contributed by atoms with Crippen LogP contribution in [0.1, 0.15) is 12.8 Å². The van der Waals surface area contributed by atoms with Crippen molar-refractivity contribution in [3.8, 4) is 0 Å². The Labute approximate surface area is 133 Å². The van der Waals surface area contributed by atoms with Gasteiger partial charge in [-0.25, -0.2) is 4.79 Å². The number of epoxide rings is 2. The third-order valence-electron chi connectivity index (χ3n) is 3.27. The van der Waals surface area contributed by atoms with Gasteiger partial charge in [-0.2, -0.15) is 0 Å². The van der Waals surface area contributed by atoms with Gasteiger partial charge in [-0.15, -0.1) is 0 Å². The minimum atomic E-state index is -0.737. The van der Waals surface area contributed by atoms with Crippen molar-refractivity contribution in [1.82, 2.24) is 0 Å². The lowest BCUT2D eigenvalue weighted by atomic mass is 10.0. The summed E-state index contributed by atoms with van der Waals surface area (Å²) >= 11 is 0. The number of carbonyl (C=O) groups is 3. The van der Waals surface area contributed by atoms with Crippen LogP contribution in [0.5, 0.6) is 0 Å². The van der Waals surface area contributed by atoms with Crippen molar-refractivity contribution in [1.29, 1.82) is 0 Å². The molecule has 2 aliphatic heterocycles. The number of ether oxygens (including phenoxy) is 5. The second kappa shape index (κ2) is 8.64. The molecule has 0 aliphatic carbocycles. The topological polar surface area (TPSA) is 104 Å². The minimum Gasteiger partial charge on any atom is -0.463 e. The van der Waals surface area contributed by atoms with E-state index >= 15 is 0 Å². The van der Waals surface area contributed by atoms with E-state index in [1.165, 1.54) is 0 Å². The van der Waals surface area contributed by atoms with E-state index in [-0.39, 0.29) is 44.9 Å². The Kier molecular flexibility index (Phi) is 6.54. The fraction of sp³-hybridized carbons (Fsp3) is 0.667. The Balaban J connectivity index is 1.75. The molecule has 0 amide bonds. The number of carbonyl (C=O) groups excluding carboxylic acids is 3. The molecule has 3 atom stereocenters. The van der Waals surface area contributed by atoms with Gasteiger partial charge in [0.15, 0.2) is 0 Å². The van der Waals surface area contributed by atoms with Gasteiger partial charge in [-0.1, -0.05) is 6.58 Å². The van der Waals surface area contributed by atoms with Crippen molar-refractivity contribution in [3.05, 3.63) is 12.7 Å². The summed E-state index contributed by atoms with van der Waals surface area (Å²) in [6.07, 6.45) is 0.964. The van der Waals surface area contributed by atoms with Crippen molar-refractivity contribution >= 4 is 17.9 Å². The summed E-state index contributed by atoms with van der Waals surface area (Å²) in [4.78, 5) is 34.8. The molecule has 23 heavy (non-hydrogen) atoms. The third kappa shape index (κ3) is 7.25. The van der Waals surface area contributed by atoms with Crippen LogP contribution in [0.2, 0.25) is 0 Å². The van der Waals surface area contributed by atoms with Crippen LogP contribution in [-0.2, 0) is 38.1 Å². The molecular weight excluding hydrogens is 308 g/mol. The maximum atomic E-state index is 12.0. The van der Waals surface area contributed by atoms with Gasteiger partial charge in [-0.3, -0.25) is 9.59 Å². The highest BCUT2D eigenvalue weighted by Crippen LogP contribution is 2.16. The van der Waals surface area contributed by atoms with Crippen LogP contribution in [0.25, 0.3) is 0 Å². The van der Waals surface area contributed by atoms with Crippen LogP contribution in [0.3, 0.4) is 0 Å². The van der Waals surface area contributed by atoms with Crippen LogP contribution < -0.4 is 0 Å². The highest BCUT2D eigenvalue weighted by Gasteiger charge is 2.30. The molecule has 0 radical (unpaired) electrons. The summed E-state index contributed by atoms with van der Waals surface area (Å²) in [7, 11) is 0. The predicted molar refractivity (Wildman–Crippen MR) is 75.3 cm³/mol. The maximum absolute atomic E-state index is 12.0.